The number of benzene rings is 2. The van der Waals surface area contributed by atoms with E-state index in [1.165, 1.54) is 11.1 Å². The number of ether oxygens (including phenoxy) is 1. The fourth-order valence-electron chi connectivity index (χ4n) is 2.63. The fraction of sp³-hybridized carbons (Fsp3) is 0.211. The Morgan fingerprint density at radius 1 is 1.15 bits per heavy atom. The summed E-state index contributed by atoms with van der Waals surface area (Å²) in [6, 6.07) is 13.7. The third kappa shape index (κ3) is 4.38. The minimum atomic E-state index is 0.312. The highest BCUT2D eigenvalue weighted by molar-refractivity contribution is 5.92. The average Bonchev–Trinajstić information content (AvgIpc) is 3.08. The highest BCUT2D eigenvalue weighted by Gasteiger charge is 2.06. The summed E-state index contributed by atoms with van der Waals surface area (Å²) in [5, 5.41) is 10.2. The minimum Gasteiger partial charge on any atom is -0.497 e. The first-order valence-electron chi connectivity index (χ1n) is 8.24. The van der Waals surface area contributed by atoms with Gasteiger partial charge in [0.05, 0.1) is 7.11 Å². The van der Waals surface area contributed by atoms with E-state index in [1.807, 2.05) is 50.2 Å². The maximum Gasteiger partial charge on any atom is 0.193 e. The van der Waals surface area contributed by atoms with E-state index in [2.05, 4.69) is 31.6 Å². The summed E-state index contributed by atoms with van der Waals surface area (Å²) in [6.07, 6.45) is 0. The number of nitrogens with zero attached hydrogens (tertiary/aromatic N) is 3. The van der Waals surface area contributed by atoms with Gasteiger partial charge < -0.3 is 15.8 Å². The Kier molecular flexibility index (Phi) is 5.17. The van der Waals surface area contributed by atoms with Gasteiger partial charge in [-0.15, -0.1) is 0 Å². The summed E-state index contributed by atoms with van der Waals surface area (Å²) in [7, 11) is 1.63. The zero-order valence-corrected chi connectivity index (χ0v) is 15.1. The van der Waals surface area contributed by atoms with Crippen molar-refractivity contribution in [3.8, 4) is 17.1 Å². The van der Waals surface area contributed by atoms with Crippen LogP contribution in [0.5, 0.6) is 5.75 Å². The van der Waals surface area contributed by atoms with Crippen molar-refractivity contribution in [3.63, 3.8) is 0 Å². The number of aliphatic imine (C=N–C) groups is 1. The fourth-order valence-corrected chi connectivity index (χ4v) is 2.63. The number of nitrogens with two attached hydrogens (primary N) is 1. The van der Waals surface area contributed by atoms with E-state index < -0.39 is 0 Å². The van der Waals surface area contributed by atoms with Gasteiger partial charge in [-0.3, -0.25) is 5.10 Å². The molecule has 0 aliphatic rings. The number of hydrogen-bond donors (Lipinski definition) is 3. The third-order valence-electron chi connectivity index (χ3n) is 3.77. The summed E-state index contributed by atoms with van der Waals surface area (Å²) in [5.74, 6) is 2.37. The Hall–Kier alpha value is -3.35. The molecule has 0 saturated heterocycles. The van der Waals surface area contributed by atoms with Crippen LogP contribution in [0.15, 0.2) is 47.5 Å². The number of rotatable bonds is 5. The van der Waals surface area contributed by atoms with Gasteiger partial charge in [0, 0.05) is 11.3 Å². The lowest BCUT2D eigenvalue weighted by atomic mass is 10.1. The normalized spacial score (nSPS) is 11.4. The number of nitrogens with one attached hydrogen (secondary N) is 2. The van der Waals surface area contributed by atoms with Crippen LogP contribution in [0, 0.1) is 13.8 Å². The number of aryl methyl sites for hydroxylation is 2. The van der Waals surface area contributed by atoms with Crippen LogP contribution in [-0.4, -0.2) is 28.3 Å². The molecule has 26 heavy (non-hydrogen) atoms. The van der Waals surface area contributed by atoms with Crippen LogP contribution in [0.25, 0.3) is 11.4 Å². The van der Waals surface area contributed by atoms with E-state index in [1.54, 1.807) is 7.11 Å². The lowest BCUT2D eigenvalue weighted by Crippen LogP contribution is -2.22. The van der Waals surface area contributed by atoms with Crippen LogP contribution in [0.2, 0.25) is 0 Å². The molecule has 0 atom stereocenters. The summed E-state index contributed by atoms with van der Waals surface area (Å²) in [4.78, 5) is 8.76. The minimum absolute atomic E-state index is 0.312. The molecule has 3 rings (SSSR count). The highest BCUT2D eigenvalue weighted by atomic mass is 16.5. The van der Waals surface area contributed by atoms with Crippen molar-refractivity contribution in [1.29, 1.82) is 0 Å². The second kappa shape index (κ2) is 7.69. The van der Waals surface area contributed by atoms with Gasteiger partial charge in [-0.2, -0.15) is 5.10 Å². The molecule has 7 nitrogen and oxygen atoms in total. The first-order chi connectivity index (χ1) is 12.5. The van der Waals surface area contributed by atoms with Crippen LogP contribution in [0.1, 0.15) is 17.0 Å². The average molecular weight is 350 g/mol. The Morgan fingerprint density at radius 2 is 1.85 bits per heavy atom. The van der Waals surface area contributed by atoms with Crippen LogP contribution < -0.4 is 15.8 Å². The molecular weight excluding hydrogens is 328 g/mol. The standard InChI is InChI=1S/C19H22N6O/c1-12-8-13(2)10-15(9-12)22-19(20)21-11-17-23-18(25-24-17)14-4-6-16(26-3)7-5-14/h4-10H,11H2,1-3H3,(H3,20,21,22)(H,23,24,25). The Labute approximate surface area is 152 Å². The van der Waals surface area contributed by atoms with Crippen LogP contribution in [-0.2, 0) is 6.54 Å². The summed E-state index contributed by atoms with van der Waals surface area (Å²) in [5.41, 5.74) is 10.1. The van der Waals surface area contributed by atoms with Gasteiger partial charge in [-0.05, 0) is 61.4 Å². The molecule has 0 fully saturated rings. The smallest absolute Gasteiger partial charge is 0.193 e. The summed E-state index contributed by atoms with van der Waals surface area (Å²) < 4.78 is 5.15. The van der Waals surface area contributed by atoms with Crippen LogP contribution in [0.3, 0.4) is 0 Å². The van der Waals surface area contributed by atoms with Gasteiger partial charge in [-0.1, -0.05) is 6.07 Å². The van der Waals surface area contributed by atoms with Crippen molar-refractivity contribution in [2.45, 2.75) is 20.4 Å². The lowest BCUT2D eigenvalue weighted by molar-refractivity contribution is 0.415. The molecule has 0 aliphatic heterocycles. The topological polar surface area (TPSA) is 101 Å². The quantitative estimate of drug-likeness (QED) is 0.485. The van der Waals surface area contributed by atoms with Crippen molar-refractivity contribution < 1.29 is 4.74 Å². The number of aromatic amines is 1. The molecular formula is C19H22N6O. The molecule has 3 aromatic rings. The highest BCUT2D eigenvalue weighted by Crippen LogP contribution is 2.19. The molecule has 4 N–H and O–H groups in total. The monoisotopic (exact) mass is 350 g/mol. The third-order valence-corrected chi connectivity index (χ3v) is 3.77. The van der Waals surface area contributed by atoms with E-state index in [0.717, 1.165) is 17.0 Å². The predicted octanol–water partition coefficient (Wildman–Crippen LogP) is 3.02. The van der Waals surface area contributed by atoms with E-state index >= 15 is 0 Å². The van der Waals surface area contributed by atoms with Crippen LogP contribution >= 0.6 is 0 Å². The molecule has 7 heteroatoms. The first kappa shape index (κ1) is 17.5. The largest absolute Gasteiger partial charge is 0.497 e. The van der Waals surface area contributed by atoms with Crippen LogP contribution in [0.4, 0.5) is 5.69 Å². The predicted molar refractivity (Wildman–Crippen MR) is 103 cm³/mol. The summed E-state index contributed by atoms with van der Waals surface area (Å²) >= 11 is 0. The van der Waals surface area contributed by atoms with Crippen molar-refractivity contribution in [3.05, 3.63) is 59.4 Å². The van der Waals surface area contributed by atoms with Crippen molar-refractivity contribution in [2.75, 3.05) is 12.4 Å². The number of aromatic nitrogens is 3. The molecule has 0 amide bonds. The number of hydrogen-bond acceptors (Lipinski definition) is 4. The molecule has 1 aromatic heterocycles. The number of H-pyrrole nitrogens is 1. The zero-order chi connectivity index (χ0) is 18.5. The number of guanidine groups is 1. The molecule has 0 unspecified atom stereocenters. The molecule has 0 spiro atoms. The van der Waals surface area contributed by atoms with Crippen molar-refractivity contribution in [2.24, 2.45) is 10.7 Å². The van der Waals surface area contributed by atoms with Gasteiger partial charge in [0.2, 0.25) is 0 Å². The van der Waals surface area contributed by atoms with Crippen molar-refractivity contribution >= 4 is 11.6 Å². The number of methoxy groups -OCH3 is 1. The van der Waals surface area contributed by atoms with E-state index in [-0.39, 0.29) is 0 Å². The summed E-state index contributed by atoms with van der Waals surface area (Å²) in [6.45, 7) is 4.40. The molecule has 0 radical (unpaired) electrons. The van der Waals surface area contributed by atoms with Gasteiger partial charge in [0.1, 0.15) is 18.1 Å². The first-order valence-corrected chi connectivity index (χ1v) is 8.24. The Morgan fingerprint density at radius 3 is 2.50 bits per heavy atom. The van der Waals surface area contributed by atoms with Gasteiger partial charge >= 0.3 is 0 Å². The zero-order valence-electron chi connectivity index (χ0n) is 15.1. The second-order valence-electron chi connectivity index (χ2n) is 6.04. The molecule has 0 saturated carbocycles. The van der Waals surface area contributed by atoms with Gasteiger partial charge in [0.15, 0.2) is 11.8 Å². The Balaban J connectivity index is 1.65. The molecule has 2 aromatic carbocycles. The van der Waals surface area contributed by atoms with Crippen molar-refractivity contribution in [1.82, 2.24) is 15.2 Å². The molecule has 0 aliphatic carbocycles. The van der Waals surface area contributed by atoms with E-state index in [4.69, 9.17) is 10.5 Å². The maximum absolute atomic E-state index is 5.97. The maximum atomic E-state index is 5.97. The Bertz CT molecular complexity index is 894. The van der Waals surface area contributed by atoms with Gasteiger partial charge in [0.25, 0.3) is 0 Å². The van der Waals surface area contributed by atoms with E-state index in [0.29, 0.717) is 24.2 Å². The number of anilines is 1. The van der Waals surface area contributed by atoms with Gasteiger partial charge in [-0.25, -0.2) is 9.98 Å². The molecule has 0 bridgehead atoms. The van der Waals surface area contributed by atoms with E-state index in [9.17, 15) is 0 Å². The molecule has 134 valence electrons. The second-order valence-corrected chi connectivity index (χ2v) is 6.04. The SMILES string of the molecule is COc1ccc(-c2n[nH]c(CN=C(N)Nc3cc(C)cc(C)c3)n2)cc1. The molecule has 1 heterocycles. The lowest BCUT2D eigenvalue weighted by Gasteiger charge is -2.07.